The second-order valence-corrected chi connectivity index (χ2v) is 11.1. The number of hydrogen-bond donors (Lipinski definition) is 1. The number of thiazole rings is 1. The number of aryl methyl sites for hydroxylation is 3. The number of ketones is 1. The summed E-state index contributed by atoms with van der Waals surface area (Å²) in [4.78, 5) is 33.1. The third-order valence-electron chi connectivity index (χ3n) is 6.04. The number of aliphatic hydroxyl groups is 1. The van der Waals surface area contributed by atoms with E-state index in [0.717, 1.165) is 30.7 Å². The van der Waals surface area contributed by atoms with E-state index in [-0.39, 0.29) is 10.7 Å². The third kappa shape index (κ3) is 5.37. The van der Waals surface area contributed by atoms with Gasteiger partial charge in [0.1, 0.15) is 5.01 Å². The van der Waals surface area contributed by atoms with Crippen molar-refractivity contribution in [2.24, 2.45) is 0 Å². The predicted molar refractivity (Wildman–Crippen MR) is 143 cm³/mol. The molecule has 1 amide bonds. The molecule has 0 fully saturated rings. The quantitative estimate of drug-likeness (QED) is 0.243. The van der Waals surface area contributed by atoms with Crippen LogP contribution in [-0.4, -0.2) is 45.7 Å². The van der Waals surface area contributed by atoms with Crippen molar-refractivity contribution in [3.05, 3.63) is 55.7 Å². The number of aromatic nitrogens is 3. The number of anilines is 1. The van der Waals surface area contributed by atoms with E-state index in [1.165, 1.54) is 34.7 Å². The average molecular weight is 543 g/mol. The van der Waals surface area contributed by atoms with Gasteiger partial charge in [-0.05, 0) is 44.9 Å². The summed E-state index contributed by atoms with van der Waals surface area (Å²) in [6.45, 7) is 8.03. The molecule has 9 nitrogen and oxygen atoms in total. The van der Waals surface area contributed by atoms with Crippen LogP contribution in [0.1, 0.15) is 69.6 Å². The Bertz CT molecular complexity index is 1350. The largest absolute Gasteiger partial charge is 0.503 e. The van der Waals surface area contributed by atoms with Gasteiger partial charge in [0.05, 0.1) is 40.9 Å². The predicted octanol–water partition coefficient (Wildman–Crippen LogP) is 5.67. The number of Topliss-reactive ketones (excluding diaryl/α,β-unsaturated/α-hetero) is 1. The SMILES string of the molecule is CCCCCCOc1ccc(C2C(C(=O)c3sc(C)nc3C)=C(O)C(=O)N2c2nnc(C)s2)cc1OC. The number of ether oxygens (including phenoxy) is 2. The van der Waals surface area contributed by atoms with Crippen molar-refractivity contribution in [3.8, 4) is 11.5 Å². The van der Waals surface area contributed by atoms with Crippen LogP contribution in [0.3, 0.4) is 0 Å². The number of amides is 1. The lowest BCUT2D eigenvalue weighted by Gasteiger charge is -2.25. The van der Waals surface area contributed by atoms with Crippen LogP contribution in [-0.2, 0) is 4.79 Å². The van der Waals surface area contributed by atoms with Crippen molar-refractivity contribution in [2.75, 3.05) is 18.6 Å². The first-order valence-electron chi connectivity index (χ1n) is 12.1. The Balaban J connectivity index is 1.75. The number of rotatable bonds is 11. The molecule has 0 spiro atoms. The summed E-state index contributed by atoms with van der Waals surface area (Å²) in [5.41, 5.74) is 1.09. The van der Waals surface area contributed by atoms with Crippen molar-refractivity contribution >= 4 is 39.5 Å². The van der Waals surface area contributed by atoms with Crippen LogP contribution in [0.4, 0.5) is 5.13 Å². The molecule has 0 radical (unpaired) electrons. The Morgan fingerprint density at radius 1 is 1.08 bits per heavy atom. The first kappa shape index (κ1) is 26.7. The number of nitrogens with zero attached hydrogens (tertiary/aromatic N) is 4. The molecule has 11 heteroatoms. The lowest BCUT2D eigenvalue weighted by Crippen LogP contribution is -2.31. The van der Waals surface area contributed by atoms with Crippen LogP contribution < -0.4 is 14.4 Å². The number of aliphatic hydroxyl groups excluding tert-OH is 1. The highest BCUT2D eigenvalue weighted by atomic mass is 32.1. The smallest absolute Gasteiger partial charge is 0.296 e. The maximum Gasteiger partial charge on any atom is 0.296 e. The fraction of sp³-hybridized carbons (Fsp3) is 0.423. The van der Waals surface area contributed by atoms with Crippen LogP contribution in [0, 0.1) is 20.8 Å². The van der Waals surface area contributed by atoms with Crippen molar-refractivity contribution in [1.82, 2.24) is 15.2 Å². The van der Waals surface area contributed by atoms with Gasteiger partial charge in [0.25, 0.3) is 5.91 Å². The lowest BCUT2D eigenvalue weighted by atomic mass is 9.95. The number of benzene rings is 1. The van der Waals surface area contributed by atoms with Crippen LogP contribution in [0.25, 0.3) is 0 Å². The highest BCUT2D eigenvalue weighted by Gasteiger charge is 2.46. The minimum atomic E-state index is -0.929. The molecular formula is C26H30N4O5S2. The van der Waals surface area contributed by atoms with Crippen LogP contribution >= 0.6 is 22.7 Å². The number of hydrogen-bond acceptors (Lipinski definition) is 10. The molecule has 1 N–H and O–H groups in total. The minimum absolute atomic E-state index is 0.0279. The molecule has 1 aromatic carbocycles. The lowest BCUT2D eigenvalue weighted by molar-refractivity contribution is -0.117. The van der Waals surface area contributed by atoms with Crippen molar-refractivity contribution in [2.45, 2.75) is 59.4 Å². The van der Waals surface area contributed by atoms with Gasteiger partial charge in [-0.15, -0.1) is 21.5 Å². The molecule has 1 aliphatic heterocycles. The van der Waals surface area contributed by atoms with Crippen LogP contribution in [0.5, 0.6) is 11.5 Å². The molecule has 1 atom stereocenters. The molecule has 0 saturated heterocycles. The number of methoxy groups -OCH3 is 1. The van der Waals surface area contributed by atoms with Gasteiger partial charge in [-0.25, -0.2) is 4.98 Å². The molecule has 0 bridgehead atoms. The Hall–Kier alpha value is -3.31. The van der Waals surface area contributed by atoms with E-state index in [1.54, 1.807) is 32.0 Å². The maximum atomic E-state index is 13.7. The van der Waals surface area contributed by atoms with E-state index in [4.69, 9.17) is 9.47 Å². The fourth-order valence-electron chi connectivity index (χ4n) is 4.28. The Morgan fingerprint density at radius 2 is 1.86 bits per heavy atom. The monoisotopic (exact) mass is 542 g/mol. The Morgan fingerprint density at radius 3 is 2.49 bits per heavy atom. The normalized spacial score (nSPS) is 15.5. The van der Waals surface area contributed by atoms with E-state index in [1.807, 2.05) is 6.92 Å². The van der Waals surface area contributed by atoms with E-state index < -0.39 is 23.5 Å². The summed E-state index contributed by atoms with van der Waals surface area (Å²) in [5.74, 6) is -0.725. The number of unbranched alkanes of at least 4 members (excludes halogenated alkanes) is 3. The summed E-state index contributed by atoms with van der Waals surface area (Å²) >= 11 is 2.43. The topological polar surface area (TPSA) is 115 Å². The standard InChI is InChI=1S/C26H30N4O5S2/c1-6-7-8-9-12-35-18-11-10-17(13-19(18)34-5)21-20(22(31)24-14(2)27-15(3)36-24)23(32)25(33)30(21)26-29-28-16(4)37-26/h10-11,13,21,32H,6-9,12H2,1-5H3. The highest BCUT2D eigenvalue weighted by Crippen LogP contribution is 2.45. The zero-order valence-corrected chi connectivity index (χ0v) is 23.2. The van der Waals surface area contributed by atoms with Crippen LogP contribution in [0.2, 0.25) is 0 Å². The molecule has 1 unspecified atom stereocenters. The van der Waals surface area contributed by atoms with Gasteiger partial charge in [-0.1, -0.05) is 43.6 Å². The van der Waals surface area contributed by atoms with Gasteiger partial charge in [-0.3, -0.25) is 14.5 Å². The first-order valence-corrected chi connectivity index (χ1v) is 13.8. The van der Waals surface area contributed by atoms with Gasteiger partial charge in [-0.2, -0.15) is 0 Å². The zero-order valence-electron chi connectivity index (χ0n) is 21.5. The molecule has 0 saturated carbocycles. The van der Waals surface area contributed by atoms with Crippen LogP contribution in [0.15, 0.2) is 29.5 Å². The van der Waals surface area contributed by atoms with Gasteiger partial charge in [0.2, 0.25) is 10.9 Å². The van der Waals surface area contributed by atoms with Gasteiger partial charge in [0, 0.05) is 0 Å². The second-order valence-electron chi connectivity index (χ2n) is 8.74. The Labute approximate surface area is 223 Å². The zero-order chi connectivity index (χ0) is 26.7. The first-order chi connectivity index (χ1) is 17.8. The Kier molecular flexibility index (Phi) is 8.23. The fourth-order valence-corrected chi connectivity index (χ4v) is 5.87. The van der Waals surface area contributed by atoms with Crippen molar-refractivity contribution in [3.63, 3.8) is 0 Å². The molecule has 196 valence electrons. The summed E-state index contributed by atoms with van der Waals surface area (Å²) < 4.78 is 11.6. The average Bonchev–Trinajstić information content (AvgIpc) is 3.53. The summed E-state index contributed by atoms with van der Waals surface area (Å²) in [5, 5.41) is 20.8. The summed E-state index contributed by atoms with van der Waals surface area (Å²) in [6.07, 6.45) is 4.32. The molecule has 0 aliphatic carbocycles. The molecule has 4 rings (SSSR count). The highest BCUT2D eigenvalue weighted by molar-refractivity contribution is 7.15. The van der Waals surface area contributed by atoms with E-state index in [2.05, 4.69) is 22.1 Å². The van der Waals surface area contributed by atoms with E-state index >= 15 is 0 Å². The molecular weight excluding hydrogens is 512 g/mol. The third-order valence-corrected chi connectivity index (χ3v) is 7.95. The summed E-state index contributed by atoms with van der Waals surface area (Å²) in [6, 6.07) is 4.35. The molecule has 3 heterocycles. The number of carbonyl (C=O) groups excluding carboxylic acids is 2. The number of carbonyl (C=O) groups is 2. The minimum Gasteiger partial charge on any atom is -0.503 e. The van der Waals surface area contributed by atoms with Gasteiger partial charge >= 0.3 is 0 Å². The molecule has 3 aromatic rings. The molecule has 37 heavy (non-hydrogen) atoms. The second kappa shape index (κ2) is 11.4. The van der Waals surface area contributed by atoms with E-state index in [9.17, 15) is 14.7 Å². The molecule has 1 aliphatic rings. The van der Waals surface area contributed by atoms with Gasteiger partial charge in [0.15, 0.2) is 17.3 Å². The van der Waals surface area contributed by atoms with E-state index in [0.29, 0.717) is 39.2 Å². The summed E-state index contributed by atoms with van der Waals surface area (Å²) in [7, 11) is 1.54. The maximum absolute atomic E-state index is 13.7. The van der Waals surface area contributed by atoms with Gasteiger partial charge < -0.3 is 14.6 Å². The van der Waals surface area contributed by atoms with Crippen molar-refractivity contribution < 1.29 is 24.2 Å². The molecule has 2 aromatic heterocycles. The van der Waals surface area contributed by atoms with Crippen molar-refractivity contribution in [1.29, 1.82) is 0 Å².